The van der Waals surface area contributed by atoms with Gasteiger partial charge in [0.1, 0.15) is 0 Å². The molecule has 0 aromatic heterocycles. The van der Waals surface area contributed by atoms with Gasteiger partial charge in [-0.25, -0.2) is 0 Å². The molecule has 2 aromatic carbocycles. The third-order valence-electron chi connectivity index (χ3n) is 7.61. The fourth-order valence-electron chi connectivity index (χ4n) is 5.69. The van der Waals surface area contributed by atoms with Gasteiger partial charge in [0.25, 0.3) is 0 Å². The minimum absolute atomic E-state index is 0.0155. The highest BCUT2D eigenvalue weighted by atomic mass is 16.7. The normalized spacial score (nSPS) is 26.6. The van der Waals surface area contributed by atoms with Crippen LogP contribution in [0.3, 0.4) is 0 Å². The molecule has 174 valence electrons. The highest BCUT2D eigenvalue weighted by Gasteiger charge is 2.50. The number of carbonyl (C=O) groups excluding carboxylic acids is 1. The van der Waals surface area contributed by atoms with Gasteiger partial charge in [-0.2, -0.15) is 0 Å². The van der Waals surface area contributed by atoms with Crippen molar-refractivity contribution in [2.24, 2.45) is 5.92 Å². The standard InChI is InChI=1S/C28H33NO4/c1-19(2)21-9-6-20(7-10-21)8-13-26(30)29-16-15-28(31)14-4-3-5-23(28)27(29)22-11-12-24-25(17-22)33-18-32-24/h6-13,17,19,23,27,31H,3-5,14-16,18H2,1-2H3/t23-,27-,28-/m0/s1. The summed E-state index contributed by atoms with van der Waals surface area (Å²) >= 11 is 0. The van der Waals surface area contributed by atoms with Crippen LogP contribution in [0.1, 0.15) is 74.6 Å². The summed E-state index contributed by atoms with van der Waals surface area (Å²) < 4.78 is 11.1. The van der Waals surface area contributed by atoms with Crippen LogP contribution >= 0.6 is 0 Å². The molecule has 0 radical (unpaired) electrons. The van der Waals surface area contributed by atoms with Crippen molar-refractivity contribution in [1.82, 2.24) is 4.90 Å². The molecule has 5 heteroatoms. The maximum atomic E-state index is 13.4. The number of rotatable bonds is 4. The van der Waals surface area contributed by atoms with Crippen molar-refractivity contribution in [2.75, 3.05) is 13.3 Å². The number of hydrogen-bond acceptors (Lipinski definition) is 4. The number of carbonyl (C=O) groups is 1. The van der Waals surface area contributed by atoms with Crippen LogP contribution in [0.25, 0.3) is 6.08 Å². The summed E-state index contributed by atoms with van der Waals surface area (Å²) in [6, 6.07) is 14.1. The van der Waals surface area contributed by atoms with E-state index in [0.29, 0.717) is 24.6 Å². The number of amides is 1. The van der Waals surface area contributed by atoms with Gasteiger partial charge in [-0.3, -0.25) is 4.79 Å². The highest BCUT2D eigenvalue weighted by molar-refractivity contribution is 5.92. The largest absolute Gasteiger partial charge is 0.454 e. The Labute approximate surface area is 196 Å². The summed E-state index contributed by atoms with van der Waals surface area (Å²) in [5.41, 5.74) is 2.59. The molecule has 1 amide bonds. The Morgan fingerprint density at radius 1 is 1.09 bits per heavy atom. The van der Waals surface area contributed by atoms with Crippen molar-refractivity contribution in [2.45, 2.75) is 63.5 Å². The molecule has 1 N–H and O–H groups in total. The van der Waals surface area contributed by atoms with Crippen LogP contribution in [-0.2, 0) is 4.79 Å². The van der Waals surface area contributed by atoms with Gasteiger partial charge >= 0.3 is 0 Å². The Morgan fingerprint density at radius 3 is 2.67 bits per heavy atom. The molecule has 3 aliphatic rings. The van der Waals surface area contributed by atoms with Crippen molar-refractivity contribution >= 4 is 12.0 Å². The molecular weight excluding hydrogens is 414 g/mol. The quantitative estimate of drug-likeness (QED) is 0.634. The van der Waals surface area contributed by atoms with Crippen LogP contribution in [0.4, 0.5) is 0 Å². The number of piperidine rings is 1. The zero-order valence-electron chi connectivity index (χ0n) is 19.5. The smallest absolute Gasteiger partial charge is 0.247 e. The summed E-state index contributed by atoms with van der Waals surface area (Å²) in [7, 11) is 0. The first-order chi connectivity index (χ1) is 15.9. The molecule has 0 bridgehead atoms. The zero-order chi connectivity index (χ0) is 23.0. The van der Waals surface area contributed by atoms with E-state index in [2.05, 4.69) is 38.1 Å². The van der Waals surface area contributed by atoms with E-state index in [-0.39, 0.29) is 24.7 Å². The average molecular weight is 448 g/mol. The van der Waals surface area contributed by atoms with Gasteiger partial charge in [-0.05, 0) is 60.1 Å². The van der Waals surface area contributed by atoms with Crippen LogP contribution < -0.4 is 9.47 Å². The second-order valence-electron chi connectivity index (χ2n) is 9.95. The minimum Gasteiger partial charge on any atom is -0.454 e. The zero-order valence-corrected chi connectivity index (χ0v) is 19.5. The molecule has 2 aromatic rings. The lowest BCUT2D eigenvalue weighted by Crippen LogP contribution is -2.56. The first-order valence-corrected chi connectivity index (χ1v) is 12.2. The molecule has 3 atom stereocenters. The van der Waals surface area contributed by atoms with Crippen LogP contribution in [0, 0.1) is 5.92 Å². The van der Waals surface area contributed by atoms with Crippen LogP contribution in [0.5, 0.6) is 11.5 Å². The molecule has 1 saturated heterocycles. The number of nitrogens with zero attached hydrogens (tertiary/aromatic N) is 1. The fourth-order valence-corrected chi connectivity index (χ4v) is 5.69. The van der Waals surface area contributed by atoms with E-state index in [9.17, 15) is 9.90 Å². The third kappa shape index (κ3) is 4.26. The lowest BCUT2D eigenvalue weighted by atomic mass is 9.66. The molecule has 2 aliphatic heterocycles. The number of aliphatic hydroxyl groups is 1. The second kappa shape index (κ2) is 8.86. The predicted octanol–water partition coefficient (Wildman–Crippen LogP) is 5.45. The SMILES string of the molecule is CC(C)c1ccc(C=CC(=O)N2CC[C@@]3(O)CCCC[C@H]3[C@@H]2c2ccc3c(c2)OCO3)cc1. The van der Waals surface area contributed by atoms with Gasteiger partial charge in [-0.15, -0.1) is 0 Å². The Kier molecular flexibility index (Phi) is 5.92. The average Bonchev–Trinajstić information content (AvgIpc) is 3.29. The van der Waals surface area contributed by atoms with Gasteiger partial charge in [0, 0.05) is 18.5 Å². The summed E-state index contributed by atoms with van der Waals surface area (Å²) in [5.74, 6) is 1.93. The summed E-state index contributed by atoms with van der Waals surface area (Å²) in [6.07, 6.45) is 8.04. The lowest BCUT2D eigenvalue weighted by Gasteiger charge is -2.52. The predicted molar refractivity (Wildman–Crippen MR) is 128 cm³/mol. The van der Waals surface area contributed by atoms with Crippen molar-refractivity contribution in [3.05, 3.63) is 65.2 Å². The van der Waals surface area contributed by atoms with E-state index in [1.54, 1.807) is 6.08 Å². The number of ether oxygens (including phenoxy) is 2. The maximum Gasteiger partial charge on any atom is 0.247 e. The van der Waals surface area contributed by atoms with Gasteiger partial charge in [0.05, 0.1) is 11.6 Å². The van der Waals surface area contributed by atoms with Crippen LogP contribution in [0.15, 0.2) is 48.5 Å². The molecule has 1 aliphatic carbocycles. The Balaban J connectivity index is 1.43. The van der Waals surface area contributed by atoms with E-state index >= 15 is 0 Å². The second-order valence-corrected chi connectivity index (χ2v) is 9.95. The fraction of sp³-hybridized carbons (Fsp3) is 0.464. The number of hydrogen-bond donors (Lipinski definition) is 1. The first-order valence-electron chi connectivity index (χ1n) is 12.2. The molecule has 1 saturated carbocycles. The Bertz CT molecular complexity index is 1040. The van der Waals surface area contributed by atoms with Gasteiger partial charge < -0.3 is 19.5 Å². The van der Waals surface area contributed by atoms with Crippen molar-refractivity contribution in [3.63, 3.8) is 0 Å². The molecule has 2 heterocycles. The Hall–Kier alpha value is -2.79. The molecular formula is C28H33NO4. The van der Waals surface area contributed by atoms with Crippen molar-refractivity contribution < 1.29 is 19.4 Å². The van der Waals surface area contributed by atoms with Crippen LogP contribution in [-0.4, -0.2) is 34.9 Å². The maximum absolute atomic E-state index is 13.4. The lowest BCUT2D eigenvalue weighted by molar-refractivity contribution is -0.150. The number of fused-ring (bicyclic) bond motifs is 2. The van der Waals surface area contributed by atoms with E-state index in [1.807, 2.05) is 29.2 Å². The van der Waals surface area contributed by atoms with Gasteiger partial charge in [-0.1, -0.05) is 57.0 Å². The van der Waals surface area contributed by atoms with Crippen molar-refractivity contribution in [3.8, 4) is 11.5 Å². The van der Waals surface area contributed by atoms with E-state index in [1.165, 1.54) is 5.56 Å². The molecule has 33 heavy (non-hydrogen) atoms. The summed E-state index contributed by atoms with van der Waals surface area (Å²) in [5, 5.41) is 11.5. The number of likely N-dealkylation sites (tertiary alicyclic amines) is 1. The van der Waals surface area contributed by atoms with Crippen molar-refractivity contribution in [1.29, 1.82) is 0 Å². The monoisotopic (exact) mass is 447 g/mol. The topological polar surface area (TPSA) is 59.0 Å². The molecule has 5 nitrogen and oxygen atoms in total. The molecule has 0 spiro atoms. The van der Waals surface area contributed by atoms with Gasteiger partial charge in [0.2, 0.25) is 12.7 Å². The molecule has 5 rings (SSSR count). The molecule has 0 unspecified atom stereocenters. The van der Waals surface area contributed by atoms with E-state index in [4.69, 9.17) is 9.47 Å². The minimum atomic E-state index is -0.716. The Morgan fingerprint density at radius 2 is 1.88 bits per heavy atom. The number of benzene rings is 2. The van der Waals surface area contributed by atoms with E-state index in [0.717, 1.165) is 42.6 Å². The highest BCUT2D eigenvalue weighted by Crippen LogP contribution is 2.50. The van der Waals surface area contributed by atoms with E-state index < -0.39 is 5.60 Å². The summed E-state index contributed by atoms with van der Waals surface area (Å²) in [6.45, 7) is 5.11. The van der Waals surface area contributed by atoms with Gasteiger partial charge in [0.15, 0.2) is 11.5 Å². The summed E-state index contributed by atoms with van der Waals surface area (Å²) in [4.78, 5) is 15.4. The third-order valence-corrected chi connectivity index (χ3v) is 7.61. The van der Waals surface area contributed by atoms with Crippen LogP contribution in [0.2, 0.25) is 0 Å². The molecule has 2 fully saturated rings. The first kappa shape index (κ1) is 22.0.